The van der Waals surface area contributed by atoms with E-state index in [0.717, 1.165) is 41.6 Å². The Morgan fingerprint density at radius 1 is 1.09 bits per heavy atom. The van der Waals surface area contributed by atoms with Crippen LogP contribution in [-0.4, -0.2) is 27.6 Å². The molecule has 1 fully saturated rings. The van der Waals surface area contributed by atoms with E-state index in [1.165, 1.54) is 12.5 Å². The summed E-state index contributed by atoms with van der Waals surface area (Å²) in [6, 6.07) is 16.6. The molecule has 1 aliphatic heterocycles. The highest BCUT2D eigenvalue weighted by atomic mass is 16.4. The molecule has 9 nitrogen and oxygen atoms in total. The maximum absolute atomic E-state index is 11.7. The summed E-state index contributed by atoms with van der Waals surface area (Å²) in [6.45, 7) is 3.40. The normalized spacial score (nSPS) is 13.9. The quantitative estimate of drug-likeness (QED) is 0.347. The van der Waals surface area contributed by atoms with Crippen molar-refractivity contribution in [1.82, 2.24) is 31.9 Å². The van der Waals surface area contributed by atoms with E-state index in [9.17, 15) is 9.90 Å². The number of unbranched alkanes of at least 4 members (excludes halogenated alkanes) is 1. The second-order valence-corrected chi connectivity index (χ2v) is 7.60. The highest BCUT2D eigenvalue weighted by Gasteiger charge is 2.20. The fourth-order valence-electron chi connectivity index (χ4n) is 3.76. The number of nitrogens with one attached hydrogen (secondary N) is 4. The van der Waals surface area contributed by atoms with Crippen LogP contribution >= 0.6 is 0 Å². The third-order valence-electron chi connectivity index (χ3n) is 5.41. The summed E-state index contributed by atoms with van der Waals surface area (Å²) in [6.07, 6.45) is 4.65. The Balaban J connectivity index is 1.58. The molecule has 0 unspecified atom stereocenters. The lowest BCUT2D eigenvalue weighted by Gasteiger charge is -2.25. The van der Waals surface area contributed by atoms with Crippen molar-refractivity contribution in [1.29, 1.82) is 0 Å². The van der Waals surface area contributed by atoms with Crippen molar-refractivity contribution in [2.45, 2.75) is 32.5 Å². The number of anilines is 1. The zero-order valence-electron chi connectivity index (χ0n) is 17.9. The van der Waals surface area contributed by atoms with Gasteiger partial charge >= 0.3 is 5.97 Å². The van der Waals surface area contributed by atoms with Gasteiger partial charge in [-0.2, -0.15) is 11.1 Å². The van der Waals surface area contributed by atoms with Crippen LogP contribution in [0, 0.1) is 0 Å². The lowest BCUT2D eigenvalue weighted by molar-refractivity contribution is 0.0696. The number of carbonyl (C=O) groups is 1. The van der Waals surface area contributed by atoms with Crippen LogP contribution in [0.2, 0.25) is 0 Å². The molecule has 0 bridgehead atoms. The standard InChI is InChI=1S/C23H27N7O2/c1-2-3-12-30(22-20(23(31)32)13-24-15-25-22)14-16-8-10-17(11-9-16)18-6-4-5-7-19(18)21-26-28-29-27-21/h4-11,13,15,21,26-29H,2-3,12,14H2,1H3,(H,31,32). The summed E-state index contributed by atoms with van der Waals surface area (Å²) in [5.41, 5.74) is 16.5. The van der Waals surface area contributed by atoms with Crippen LogP contribution in [0.15, 0.2) is 61.1 Å². The third kappa shape index (κ3) is 4.92. The van der Waals surface area contributed by atoms with E-state index < -0.39 is 5.97 Å². The summed E-state index contributed by atoms with van der Waals surface area (Å²) in [4.78, 5) is 21.8. The number of aromatic carboxylic acids is 1. The Labute approximate surface area is 186 Å². The van der Waals surface area contributed by atoms with Gasteiger partial charge in [-0.3, -0.25) is 0 Å². The topological polar surface area (TPSA) is 114 Å². The number of hydrogen-bond acceptors (Lipinski definition) is 8. The third-order valence-corrected chi connectivity index (χ3v) is 5.41. The van der Waals surface area contributed by atoms with Crippen LogP contribution in [0.4, 0.5) is 5.82 Å². The van der Waals surface area contributed by atoms with Gasteiger partial charge in [-0.15, -0.1) is 0 Å². The molecule has 5 N–H and O–H groups in total. The second kappa shape index (κ2) is 10.3. The van der Waals surface area contributed by atoms with Crippen molar-refractivity contribution in [2.75, 3.05) is 11.4 Å². The number of carboxylic acid groups (broad SMARTS) is 1. The van der Waals surface area contributed by atoms with E-state index in [2.05, 4.69) is 75.2 Å². The molecule has 1 aromatic heterocycles. The minimum absolute atomic E-state index is 0.0531. The molecule has 9 heteroatoms. The molecule has 166 valence electrons. The molecule has 0 radical (unpaired) electrons. The van der Waals surface area contributed by atoms with Gasteiger partial charge < -0.3 is 10.0 Å². The fraction of sp³-hybridized carbons (Fsp3) is 0.261. The summed E-state index contributed by atoms with van der Waals surface area (Å²) in [5, 5.41) is 9.56. The fourth-order valence-corrected chi connectivity index (χ4v) is 3.76. The van der Waals surface area contributed by atoms with Crippen molar-refractivity contribution in [3.8, 4) is 11.1 Å². The van der Waals surface area contributed by atoms with Gasteiger partial charge in [0.2, 0.25) is 0 Å². The molecule has 0 amide bonds. The molecular formula is C23H27N7O2. The Morgan fingerprint density at radius 3 is 2.56 bits per heavy atom. The summed E-state index contributed by atoms with van der Waals surface area (Å²) >= 11 is 0. The Kier molecular flexibility index (Phi) is 7.03. The van der Waals surface area contributed by atoms with E-state index in [1.54, 1.807) is 0 Å². The van der Waals surface area contributed by atoms with Crippen LogP contribution in [0.5, 0.6) is 0 Å². The van der Waals surface area contributed by atoms with Crippen LogP contribution in [0.3, 0.4) is 0 Å². The van der Waals surface area contributed by atoms with Gasteiger partial charge in [-0.25, -0.2) is 25.6 Å². The van der Waals surface area contributed by atoms with E-state index in [0.29, 0.717) is 12.4 Å². The average molecular weight is 434 g/mol. The number of benzene rings is 2. The summed E-state index contributed by atoms with van der Waals surface area (Å²) < 4.78 is 0. The predicted octanol–water partition coefficient (Wildman–Crippen LogP) is 2.76. The average Bonchev–Trinajstić information content (AvgIpc) is 3.37. The summed E-state index contributed by atoms with van der Waals surface area (Å²) in [7, 11) is 0. The molecule has 2 aromatic carbocycles. The number of nitrogens with zero attached hydrogens (tertiary/aromatic N) is 3. The van der Waals surface area contributed by atoms with E-state index in [1.807, 2.05) is 17.0 Å². The van der Waals surface area contributed by atoms with Crippen LogP contribution in [-0.2, 0) is 6.54 Å². The number of carboxylic acids is 1. The van der Waals surface area contributed by atoms with Crippen LogP contribution in [0.25, 0.3) is 11.1 Å². The van der Waals surface area contributed by atoms with Crippen molar-refractivity contribution in [3.63, 3.8) is 0 Å². The molecule has 0 aliphatic carbocycles. The zero-order valence-corrected chi connectivity index (χ0v) is 17.9. The number of hydrazine groups is 3. The van der Waals surface area contributed by atoms with Gasteiger partial charge in [0.1, 0.15) is 23.9 Å². The Morgan fingerprint density at radius 2 is 1.84 bits per heavy atom. The monoisotopic (exact) mass is 433 g/mol. The highest BCUT2D eigenvalue weighted by Crippen LogP contribution is 2.28. The molecule has 2 heterocycles. The number of aromatic nitrogens is 2. The van der Waals surface area contributed by atoms with Crippen molar-refractivity contribution < 1.29 is 9.90 Å². The molecule has 4 rings (SSSR count). The first-order valence-electron chi connectivity index (χ1n) is 10.6. The van der Waals surface area contributed by atoms with Gasteiger partial charge in [0, 0.05) is 19.3 Å². The first-order chi connectivity index (χ1) is 15.7. The molecule has 1 aliphatic rings. The van der Waals surface area contributed by atoms with Crippen molar-refractivity contribution >= 4 is 11.8 Å². The van der Waals surface area contributed by atoms with Gasteiger partial charge in [-0.05, 0) is 28.7 Å². The lowest BCUT2D eigenvalue weighted by Crippen LogP contribution is -2.33. The smallest absolute Gasteiger partial charge is 0.341 e. The lowest BCUT2D eigenvalue weighted by atomic mass is 9.97. The SMILES string of the molecule is CCCCN(Cc1ccc(-c2ccccc2C2NNNN2)cc1)c1ncncc1C(=O)O. The molecule has 3 aromatic rings. The molecule has 0 saturated carbocycles. The van der Waals surface area contributed by atoms with E-state index >= 15 is 0 Å². The van der Waals surface area contributed by atoms with Crippen LogP contribution < -0.4 is 26.8 Å². The van der Waals surface area contributed by atoms with Gasteiger partial charge in [0.25, 0.3) is 0 Å². The molecule has 0 spiro atoms. The maximum atomic E-state index is 11.7. The second-order valence-electron chi connectivity index (χ2n) is 7.60. The Hall–Kier alpha value is -3.37. The summed E-state index contributed by atoms with van der Waals surface area (Å²) in [5.74, 6) is -0.569. The van der Waals surface area contributed by atoms with Gasteiger partial charge in [-0.1, -0.05) is 61.9 Å². The number of rotatable bonds is 9. The van der Waals surface area contributed by atoms with Gasteiger partial charge in [0.05, 0.1) is 0 Å². The minimum Gasteiger partial charge on any atom is -0.477 e. The van der Waals surface area contributed by atoms with E-state index in [-0.39, 0.29) is 11.7 Å². The first kappa shape index (κ1) is 21.8. The number of hydrogen-bond donors (Lipinski definition) is 5. The largest absolute Gasteiger partial charge is 0.477 e. The highest BCUT2D eigenvalue weighted by molar-refractivity contribution is 5.92. The predicted molar refractivity (Wildman–Crippen MR) is 122 cm³/mol. The molecular weight excluding hydrogens is 406 g/mol. The maximum Gasteiger partial charge on any atom is 0.341 e. The van der Waals surface area contributed by atoms with Crippen molar-refractivity contribution in [2.24, 2.45) is 0 Å². The van der Waals surface area contributed by atoms with Crippen molar-refractivity contribution in [3.05, 3.63) is 77.7 Å². The van der Waals surface area contributed by atoms with Crippen LogP contribution in [0.1, 0.15) is 47.4 Å². The molecule has 1 saturated heterocycles. The first-order valence-corrected chi connectivity index (χ1v) is 10.6. The Bertz CT molecular complexity index is 1050. The zero-order chi connectivity index (χ0) is 22.3. The molecule has 0 atom stereocenters. The van der Waals surface area contributed by atoms with E-state index in [4.69, 9.17) is 0 Å². The minimum atomic E-state index is -1.02. The van der Waals surface area contributed by atoms with Gasteiger partial charge in [0.15, 0.2) is 0 Å². The molecule has 32 heavy (non-hydrogen) atoms.